The second kappa shape index (κ2) is 9.43. The first-order valence-corrected chi connectivity index (χ1v) is 11.9. The van der Waals surface area contributed by atoms with Gasteiger partial charge in [0, 0.05) is 29.8 Å². The molecule has 5 nitrogen and oxygen atoms in total. The maximum Gasteiger partial charge on any atom is 0.255 e. The van der Waals surface area contributed by atoms with Crippen LogP contribution in [0.5, 0.6) is 0 Å². The van der Waals surface area contributed by atoms with Gasteiger partial charge in [0.1, 0.15) is 23.1 Å². The minimum atomic E-state index is -0.795. The summed E-state index contributed by atoms with van der Waals surface area (Å²) >= 11 is 0. The number of hydrogen-bond donors (Lipinski definition) is 1. The zero-order chi connectivity index (χ0) is 25.6. The first-order valence-electron chi connectivity index (χ1n) is 11.9. The number of rotatable bonds is 4. The summed E-state index contributed by atoms with van der Waals surface area (Å²) in [6, 6.07) is 8.88. The van der Waals surface area contributed by atoms with E-state index in [1.54, 1.807) is 26.1 Å². The van der Waals surface area contributed by atoms with Crippen molar-refractivity contribution in [3.05, 3.63) is 93.5 Å². The Balaban J connectivity index is 1.68. The average molecular weight is 495 g/mol. The number of hydrogen-bond acceptors (Lipinski definition) is 4. The summed E-state index contributed by atoms with van der Waals surface area (Å²) < 4.78 is 49.9. The van der Waals surface area contributed by atoms with E-state index in [1.807, 2.05) is 0 Å². The number of aliphatic hydroxyl groups excluding tert-OH is 1. The monoisotopic (exact) mass is 494 g/mol. The Hall–Kier alpha value is -3.65. The fraction of sp³-hybridized carbons (Fsp3) is 0.286. The van der Waals surface area contributed by atoms with Gasteiger partial charge < -0.3 is 9.52 Å². The van der Waals surface area contributed by atoms with E-state index in [2.05, 4.69) is 0 Å². The molecule has 0 amide bonds. The molecule has 0 radical (unpaired) electrons. The second-order valence-corrected chi connectivity index (χ2v) is 9.37. The van der Waals surface area contributed by atoms with Gasteiger partial charge in [-0.25, -0.2) is 18.2 Å². The molecule has 1 N–H and O–H groups in total. The molecule has 0 bridgehead atoms. The fourth-order valence-corrected chi connectivity index (χ4v) is 4.97. The number of halogens is 3. The lowest BCUT2D eigenvalue weighted by Gasteiger charge is -2.22. The van der Waals surface area contributed by atoms with E-state index in [9.17, 15) is 23.1 Å². The zero-order valence-corrected chi connectivity index (χ0v) is 19.9. The number of pyridine rings is 1. The van der Waals surface area contributed by atoms with Crippen LogP contribution in [0.15, 0.2) is 57.9 Å². The van der Waals surface area contributed by atoms with E-state index in [0.29, 0.717) is 59.6 Å². The van der Waals surface area contributed by atoms with E-state index < -0.39 is 17.5 Å². The number of oxazole rings is 1. The third-order valence-corrected chi connectivity index (χ3v) is 6.75. The van der Waals surface area contributed by atoms with E-state index in [4.69, 9.17) is 9.40 Å². The van der Waals surface area contributed by atoms with E-state index in [1.165, 1.54) is 28.8 Å². The first kappa shape index (κ1) is 24.1. The van der Waals surface area contributed by atoms with E-state index >= 15 is 0 Å². The van der Waals surface area contributed by atoms with Gasteiger partial charge in [-0.1, -0.05) is 0 Å². The largest absolute Gasteiger partial charge is 0.440 e. The molecule has 8 heteroatoms. The number of aromatic nitrogens is 2. The lowest BCUT2D eigenvalue weighted by molar-refractivity contribution is 0.118. The van der Waals surface area contributed by atoms with Crippen LogP contribution in [-0.4, -0.2) is 20.8 Å². The van der Waals surface area contributed by atoms with Gasteiger partial charge in [-0.3, -0.25) is 9.36 Å². The predicted octanol–water partition coefficient (Wildman–Crippen LogP) is 6.21. The van der Waals surface area contributed by atoms with E-state index in [0.717, 1.165) is 12.1 Å². The summed E-state index contributed by atoms with van der Waals surface area (Å²) in [6.45, 7) is 3.44. The van der Waals surface area contributed by atoms with Crippen LogP contribution in [0.4, 0.5) is 13.2 Å². The summed E-state index contributed by atoms with van der Waals surface area (Å²) in [5, 5.41) is 9.89. The molecular weight excluding hydrogens is 469 g/mol. The van der Waals surface area contributed by atoms with Gasteiger partial charge in [-0.05, 0) is 81.0 Å². The minimum absolute atomic E-state index is 0.0490. The highest BCUT2D eigenvalue weighted by Crippen LogP contribution is 2.40. The normalized spacial score (nSPS) is 17.9. The standard InChI is InChI=1S/C28H25F3N2O3/c1-15-11-20(30)12-16(2)26(15)33-14-18(5-10-24(33)35)25-27(22-9-6-19(29)13-23(22)31)36-28(32-25)17-3-7-21(34)8-4-17/h5-6,9-14,17,21,34H,3-4,7-8H2,1-2H3/t17-,21-. The molecule has 2 aromatic heterocycles. The van der Waals surface area contributed by atoms with Gasteiger partial charge in [0.05, 0.1) is 17.4 Å². The van der Waals surface area contributed by atoms with Crippen molar-refractivity contribution in [1.29, 1.82) is 0 Å². The molecule has 36 heavy (non-hydrogen) atoms. The smallest absolute Gasteiger partial charge is 0.255 e. The van der Waals surface area contributed by atoms with Crippen molar-refractivity contribution in [3.63, 3.8) is 0 Å². The van der Waals surface area contributed by atoms with Gasteiger partial charge in [-0.2, -0.15) is 0 Å². The van der Waals surface area contributed by atoms with Crippen molar-refractivity contribution in [1.82, 2.24) is 9.55 Å². The molecule has 186 valence electrons. The van der Waals surface area contributed by atoms with Crippen molar-refractivity contribution in [3.8, 4) is 28.3 Å². The Kier molecular flexibility index (Phi) is 6.30. The fourth-order valence-electron chi connectivity index (χ4n) is 4.97. The highest BCUT2D eigenvalue weighted by atomic mass is 19.1. The number of benzene rings is 2. The van der Waals surface area contributed by atoms with Gasteiger partial charge in [0.15, 0.2) is 11.7 Å². The summed E-state index contributed by atoms with van der Waals surface area (Å²) in [7, 11) is 0. The Morgan fingerprint density at radius 3 is 2.31 bits per heavy atom. The SMILES string of the molecule is Cc1cc(F)cc(C)c1-n1cc(-c2nc([C@H]3CC[C@H](O)CC3)oc2-c2ccc(F)cc2F)ccc1=O. The molecule has 5 rings (SSSR count). The Morgan fingerprint density at radius 2 is 1.64 bits per heavy atom. The third-order valence-electron chi connectivity index (χ3n) is 6.75. The first-order chi connectivity index (χ1) is 17.2. The lowest BCUT2D eigenvalue weighted by Crippen LogP contribution is -2.19. The maximum atomic E-state index is 14.8. The van der Waals surface area contributed by atoms with Crippen molar-refractivity contribution < 1.29 is 22.7 Å². The second-order valence-electron chi connectivity index (χ2n) is 9.37. The van der Waals surface area contributed by atoms with E-state index in [-0.39, 0.29) is 28.9 Å². The highest BCUT2D eigenvalue weighted by Gasteiger charge is 2.28. The summed E-state index contributed by atoms with van der Waals surface area (Å²) in [6.07, 6.45) is 3.76. The lowest BCUT2D eigenvalue weighted by atomic mass is 9.87. The van der Waals surface area contributed by atoms with Crippen LogP contribution in [0.25, 0.3) is 28.3 Å². The summed E-state index contributed by atoms with van der Waals surface area (Å²) in [4.78, 5) is 17.5. The van der Waals surface area contributed by atoms with Crippen molar-refractivity contribution in [2.75, 3.05) is 0 Å². The Labute approximate surface area is 205 Å². The zero-order valence-electron chi connectivity index (χ0n) is 19.9. The number of nitrogens with zero attached hydrogens (tertiary/aromatic N) is 2. The highest BCUT2D eigenvalue weighted by molar-refractivity contribution is 5.77. The van der Waals surface area contributed by atoms with Crippen LogP contribution >= 0.6 is 0 Å². The van der Waals surface area contributed by atoms with Crippen LogP contribution in [-0.2, 0) is 0 Å². The molecule has 1 aliphatic rings. The van der Waals surface area contributed by atoms with Gasteiger partial charge in [0.25, 0.3) is 5.56 Å². The molecule has 4 aromatic rings. The van der Waals surface area contributed by atoms with Crippen LogP contribution in [0, 0.1) is 31.3 Å². The van der Waals surface area contributed by atoms with Crippen LogP contribution < -0.4 is 5.56 Å². The van der Waals surface area contributed by atoms with Crippen LogP contribution in [0.2, 0.25) is 0 Å². The Bertz CT molecular complexity index is 1480. The molecule has 0 atom stereocenters. The molecule has 0 aliphatic heterocycles. The average Bonchev–Trinajstić information content (AvgIpc) is 3.25. The molecule has 0 spiro atoms. The van der Waals surface area contributed by atoms with Gasteiger partial charge in [0.2, 0.25) is 0 Å². The molecule has 0 saturated heterocycles. The van der Waals surface area contributed by atoms with Crippen molar-refractivity contribution >= 4 is 0 Å². The molecule has 2 heterocycles. The van der Waals surface area contributed by atoms with Crippen LogP contribution in [0.1, 0.15) is 48.6 Å². The maximum absolute atomic E-state index is 14.8. The molecule has 1 aliphatic carbocycles. The van der Waals surface area contributed by atoms with Gasteiger partial charge in [-0.15, -0.1) is 0 Å². The number of aliphatic hydroxyl groups is 1. The topological polar surface area (TPSA) is 68.3 Å². The summed E-state index contributed by atoms with van der Waals surface area (Å²) in [5.74, 6) is -1.43. The molecule has 0 unspecified atom stereocenters. The van der Waals surface area contributed by atoms with Crippen LogP contribution in [0.3, 0.4) is 0 Å². The molecular formula is C28H25F3N2O3. The van der Waals surface area contributed by atoms with Gasteiger partial charge >= 0.3 is 0 Å². The number of aryl methyl sites for hydroxylation is 2. The van der Waals surface area contributed by atoms with Crippen molar-refractivity contribution in [2.45, 2.75) is 51.6 Å². The Morgan fingerprint density at radius 1 is 0.944 bits per heavy atom. The molecule has 1 fully saturated rings. The molecule has 1 saturated carbocycles. The predicted molar refractivity (Wildman–Crippen MR) is 130 cm³/mol. The molecule has 2 aromatic carbocycles. The summed E-state index contributed by atoms with van der Waals surface area (Å²) in [5.41, 5.74) is 2.23. The minimum Gasteiger partial charge on any atom is -0.440 e. The third kappa shape index (κ3) is 4.48. The van der Waals surface area contributed by atoms with Crippen molar-refractivity contribution in [2.24, 2.45) is 0 Å². The quantitative estimate of drug-likeness (QED) is 0.366.